The summed E-state index contributed by atoms with van der Waals surface area (Å²) in [6.45, 7) is 5.64. The van der Waals surface area contributed by atoms with Gasteiger partial charge in [0, 0.05) is 19.7 Å². The van der Waals surface area contributed by atoms with Gasteiger partial charge in [-0.05, 0) is 13.8 Å². The van der Waals surface area contributed by atoms with Crippen LogP contribution in [0.5, 0.6) is 0 Å². The number of hydrogen-bond acceptors (Lipinski definition) is 4. The lowest BCUT2D eigenvalue weighted by Crippen LogP contribution is -2.62. The number of morpholine rings is 1. The van der Waals surface area contributed by atoms with Crippen LogP contribution in [0.1, 0.15) is 13.8 Å². The predicted octanol–water partition coefficient (Wildman–Crippen LogP) is 0.197. The smallest absolute Gasteiger partial charge is 0.326 e. The Kier molecular flexibility index (Phi) is 4.07. The van der Waals surface area contributed by atoms with Gasteiger partial charge < -0.3 is 14.6 Å². The van der Waals surface area contributed by atoms with Gasteiger partial charge in [0.25, 0.3) is 0 Å². The average molecular weight is 217 g/mol. The SMILES string of the molecule is COCC(C)(C(=O)O)N1CCOCC1C. The Bertz CT molecular complexity index is 233. The van der Waals surface area contributed by atoms with Crippen molar-refractivity contribution in [2.24, 2.45) is 0 Å². The molecule has 2 unspecified atom stereocenters. The van der Waals surface area contributed by atoms with Gasteiger partial charge in [-0.15, -0.1) is 0 Å². The van der Waals surface area contributed by atoms with Crippen molar-refractivity contribution in [2.75, 3.05) is 33.5 Å². The minimum Gasteiger partial charge on any atom is -0.480 e. The Labute approximate surface area is 90.0 Å². The highest BCUT2D eigenvalue weighted by molar-refractivity contribution is 5.78. The second-order valence-electron chi connectivity index (χ2n) is 4.13. The molecule has 0 bridgehead atoms. The highest BCUT2D eigenvalue weighted by Crippen LogP contribution is 2.21. The number of aliphatic carboxylic acids is 1. The van der Waals surface area contributed by atoms with E-state index in [0.29, 0.717) is 19.8 Å². The van der Waals surface area contributed by atoms with Crippen molar-refractivity contribution in [3.8, 4) is 0 Å². The van der Waals surface area contributed by atoms with E-state index < -0.39 is 11.5 Å². The van der Waals surface area contributed by atoms with Gasteiger partial charge in [-0.1, -0.05) is 0 Å². The molecular weight excluding hydrogens is 198 g/mol. The molecule has 1 aliphatic heterocycles. The molecule has 1 heterocycles. The van der Waals surface area contributed by atoms with E-state index in [0.717, 1.165) is 0 Å². The van der Waals surface area contributed by atoms with Crippen molar-refractivity contribution in [1.29, 1.82) is 0 Å². The van der Waals surface area contributed by atoms with Gasteiger partial charge in [0.15, 0.2) is 0 Å². The summed E-state index contributed by atoms with van der Waals surface area (Å²) in [6, 6.07) is 0.106. The van der Waals surface area contributed by atoms with E-state index in [1.165, 1.54) is 7.11 Å². The van der Waals surface area contributed by atoms with Gasteiger partial charge >= 0.3 is 5.97 Å². The molecule has 1 aliphatic rings. The van der Waals surface area contributed by atoms with Crippen LogP contribution in [-0.2, 0) is 14.3 Å². The molecule has 0 aromatic rings. The number of nitrogens with zero attached hydrogens (tertiary/aromatic N) is 1. The number of carboxylic acid groups (broad SMARTS) is 1. The number of carboxylic acids is 1. The van der Waals surface area contributed by atoms with Crippen molar-refractivity contribution < 1.29 is 19.4 Å². The monoisotopic (exact) mass is 217 g/mol. The predicted molar refractivity (Wildman–Crippen MR) is 54.9 cm³/mol. The van der Waals surface area contributed by atoms with Crippen LogP contribution in [0.25, 0.3) is 0 Å². The van der Waals surface area contributed by atoms with E-state index in [1.54, 1.807) is 6.92 Å². The topological polar surface area (TPSA) is 59.0 Å². The van der Waals surface area contributed by atoms with Crippen molar-refractivity contribution in [2.45, 2.75) is 25.4 Å². The normalized spacial score (nSPS) is 27.3. The van der Waals surface area contributed by atoms with Crippen LogP contribution in [0.4, 0.5) is 0 Å². The highest BCUT2D eigenvalue weighted by Gasteiger charge is 2.43. The minimum atomic E-state index is -0.960. The molecule has 1 saturated heterocycles. The number of hydrogen-bond donors (Lipinski definition) is 1. The molecule has 5 heteroatoms. The van der Waals surface area contributed by atoms with Crippen LogP contribution >= 0.6 is 0 Å². The second-order valence-corrected chi connectivity index (χ2v) is 4.13. The quantitative estimate of drug-likeness (QED) is 0.728. The fourth-order valence-corrected chi connectivity index (χ4v) is 2.01. The number of ether oxygens (including phenoxy) is 2. The maximum atomic E-state index is 11.3. The minimum absolute atomic E-state index is 0.106. The Balaban J connectivity index is 2.82. The summed E-state index contributed by atoms with van der Waals surface area (Å²) in [4.78, 5) is 13.2. The first-order valence-electron chi connectivity index (χ1n) is 5.09. The van der Waals surface area contributed by atoms with Crippen molar-refractivity contribution in [3.63, 3.8) is 0 Å². The zero-order valence-electron chi connectivity index (χ0n) is 9.52. The number of methoxy groups -OCH3 is 1. The summed E-state index contributed by atoms with van der Waals surface area (Å²) in [5.74, 6) is -0.849. The van der Waals surface area contributed by atoms with E-state index in [4.69, 9.17) is 9.47 Å². The van der Waals surface area contributed by atoms with Crippen molar-refractivity contribution >= 4 is 5.97 Å². The molecule has 2 atom stereocenters. The number of rotatable bonds is 4. The van der Waals surface area contributed by atoms with E-state index in [9.17, 15) is 9.90 Å². The van der Waals surface area contributed by atoms with E-state index in [1.807, 2.05) is 11.8 Å². The van der Waals surface area contributed by atoms with Crippen LogP contribution in [0, 0.1) is 0 Å². The molecule has 0 amide bonds. The summed E-state index contributed by atoms with van der Waals surface area (Å²) >= 11 is 0. The zero-order valence-corrected chi connectivity index (χ0v) is 9.52. The standard InChI is InChI=1S/C10H19NO4/c1-8-6-15-5-4-11(8)10(2,7-14-3)9(12)13/h8H,4-7H2,1-3H3,(H,12,13). The van der Waals surface area contributed by atoms with Gasteiger partial charge in [0.2, 0.25) is 0 Å². The lowest BCUT2D eigenvalue weighted by molar-refractivity contribution is -0.161. The zero-order chi connectivity index (χ0) is 11.5. The summed E-state index contributed by atoms with van der Waals surface area (Å²) in [5, 5.41) is 9.27. The highest BCUT2D eigenvalue weighted by atomic mass is 16.5. The lowest BCUT2D eigenvalue weighted by atomic mass is 9.98. The summed E-state index contributed by atoms with van der Waals surface area (Å²) in [5.41, 5.74) is -0.960. The first-order valence-corrected chi connectivity index (χ1v) is 5.09. The fourth-order valence-electron chi connectivity index (χ4n) is 2.01. The van der Waals surface area contributed by atoms with E-state index in [2.05, 4.69) is 0 Å². The van der Waals surface area contributed by atoms with Gasteiger partial charge in [-0.2, -0.15) is 0 Å². The van der Waals surface area contributed by atoms with Crippen molar-refractivity contribution in [1.82, 2.24) is 4.90 Å². The molecule has 1 rings (SSSR count). The summed E-state index contributed by atoms with van der Waals surface area (Å²) in [6.07, 6.45) is 0. The molecule has 0 radical (unpaired) electrons. The Morgan fingerprint density at radius 1 is 1.73 bits per heavy atom. The molecule has 5 nitrogen and oxygen atoms in total. The van der Waals surface area contributed by atoms with Gasteiger partial charge in [0.1, 0.15) is 5.54 Å². The van der Waals surface area contributed by atoms with Crippen LogP contribution in [-0.4, -0.2) is 61.0 Å². The molecule has 88 valence electrons. The largest absolute Gasteiger partial charge is 0.480 e. The number of carbonyl (C=O) groups is 1. The van der Waals surface area contributed by atoms with Crippen LogP contribution in [0.3, 0.4) is 0 Å². The Morgan fingerprint density at radius 3 is 2.87 bits per heavy atom. The Hall–Kier alpha value is -0.650. The van der Waals surface area contributed by atoms with E-state index >= 15 is 0 Å². The first kappa shape index (κ1) is 12.4. The molecular formula is C10H19NO4. The summed E-state index contributed by atoms with van der Waals surface area (Å²) in [7, 11) is 1.52. The Morgan fingerprint density at radius 2 is 2.40 bits per heavy atom. The maximum Gasteiger partial charge on any atom is 0.326 e. The molecule has 0 aliphatic carbocycles. The van der Waals surface area contributed by atoms with Crippen LogP contribution < -0.4 is 0 Å². The molecule has 0 aromatic heterocycles. The third-order valence-corrected chi connectivity index (χ3v) is 2.89. The van der Waals surface area contributed by atoms with Crippen molar-refractivity contribution in [3.05, 3.63) is 0 Å². The average Bonchev–Trinajstić information content (AvgIpc) is 2.18. The summed E-state index contributed by atoms with van der Waals surface area (Å²) < 4.78 is 10.3. The van der Waals surface area contributed by atoms with Gasteiger partial charge in [0.05, 0.1) is 19.8 Å². The van der Waals surface area contributed by atoms with Gasteiger partial charge in [-0.3, -0.25) is 9.69 Å². The molecule has 0 aromatic carbocycles. The molecule has 0 saturated carbocycles. The van der Waals surface area contributed by atoms with E-state index in [-0.39, 0.29) is 12.6 Å². The first-order chi connectivity index (χ1) is 7.02. The fraction of sp³-hybridized carbons (Fsp3) is 0.900. The maximum absolute atomic E-state index is 11.3. The van der Waals surface area contributed by atoms with Gasteiger partial charge in [-0.25, -0.2) is 0 Å². The molecule has 1 N–H and O–H groups in total. The lowest BCUT2D eigenvalue weighted by Gasteiger charge is -2.43. The third kappa shape index (κ3) is 2.48. The van der Waals surface area contributed by atoms with Crippen LogP contribution in [0.2, 0.25) is 0 Å². The van der Waals surface area contributed by atoms with Crippen LogP contribution in [0.15, 0.2) is 0 Å². The molecule has 15 heavy (non-hydrogen) atoms. The third-order valence-electron chi connectivity index (χ3n) is 2.89. The molecule has 1 fully saturated rings. The second kappa shape index (κ2) is 4.92. The molecule has 0 spiro atoms.